The number of aliphatic hydroxyl groups excluding tert-OH is 1. The number of nitrogens with zero attached hydrogens (tertiary/aromatic N) is 2. The summed E-state index contributed by atoms with van der Waals surface area (Å²) in [6.07, 6.45) is -0.951. The fourth-order valence-electron chi connectivity index (χ4n) is 2.31. The fourth-order valence-corrected chi connectivity index (χ4v) is 2.31. The Bertz CT molecular complexity index is 396. The highest BCUT2D eigenvalue weighted by Crippen LogP contribution is 2.13. The minimum atomic E-state index is -0.951. The Balaban J connectivity index is 1.95. The van der Waals surface area contributed by atoms with Gasteiger partial charge >= 0.3 is 6.09 Å². The molecule has 0 saturated carbocycles. The van der Waals surface area contributed by atoms with Crippen molar-refractivity contribution in [2.24, 2.45) is 0 Å². The lowest BCUT2D eigenvalue weighted by atomic mass is 10.1. The maximum Gasteiger partial charge on any atom is 0.407 e. The zero-order chi connectivity index (χ0) is 13.0. The standard InChI is InChI=1S/C13H18N2O3/c16-10-12-9-14(6-7-15(12)13(17)18)8-11-4-2-1-3-5-11/h1-5,12,16H,6-10H2,(H,17,18)/t12-/m0/s1. The highest BCUT2D eigenvalue weighted by atomic mass is 16.4. The van der Waals surface area contributed by atoms with Gasteiger partial charge in [0.25, 0.3) is 0 Å². The van der Waals surface area contributed by atoms with Crippen molar-refractivity contribution in [1.29, 1.82) is 0 Å². The molecular weight excluding hydrogens is 232 g/mol. The second-order valence-corrected chi connectivity index (χ2v) is 4.53. The molecule has 1 aromatic rings. The van der Waals surface area contributed by atoms with E-state index >= 15 is 0 Å². The van der Waals surface area contributed by atoms with Crippen LogP contribution in [-0.4, -0.2) is 58.4 Å². The molecule has 0 unspecified atom stereocenters. The van der Waals surface area contributed by atoms with Gasteiger partial charge in [-0.15, -0.1) is 0 Å². The molecule has 0 radical (unpaired) electrons. The average Bonchev–Trinajstić information content (AvgIpc) is 2.39. The van der Waals surface area contributed by atoms with Crippen LogP contribution in [0.25, 0.3) is 0 Å². The zero-order valence-electron chi connectivity index (χ0n) is 10.2. The van der Waals surface area contributed by atoms with Gasteiger partial charge in [-0.05, 0) is 5.56 Å². The second kappa shape index (κ2) is 5.84. The molecule has 1 saturated heterocycles. The van der Waals surface area contributed by atoms with Crippen LogP contribution in [0.1, 0.15) is 5.56 Å². The number of rotatable bonds is 3. The molecule has 1 atom stereocenters. The normalized spacial score (nSPS) is 20.9. The molecule has 0 bridgehead atoms. The Morgan fingerprint density at radius 3 is 2.61 bits per heavy atom. The van der Waals surface area contributed by atoms with E-state index in [1.165, 1.54) is 10.5 Å². The predicted molar refractivity (Wildman–Crippen MR) is 67.3 cm³/mol. The topological polar surface area (TPSA) is 64.0 Å². The largest absolute Gasteiger partial charge is 0.465 e. The molecule has 98 valence electrons. The number of carboxylic acid groups (broad SMARTS) is 1. The molecule has 1 aromatic carbocycles. The van der Waals surface area contributed by atoms with Gasteiger partial charge in [0.1, 0.15) is 0 Å². The van der Waals surface area contributed by atoms with E-state index in [1.54, 1.807) is 0 Å². The average molecular weight is 250 g/mol. The van der Waals surface area contributed by atoms with E-state index in [9.17, 15) is 9.90 Å². The SMILES string of the molecule is O=C(O)N1CCN(Cc2ccccc2)C[C@H]1CO. The minimum absolute atomic E-state index is 0.127. The number of amides is 1. The van der Waals surface area contributed by atoms with E-state index in [0.29, 0.717) is 19.6 Å². The van der Waals surface area contributed by atoms with Crippen LogP contribution >= 0.6 is 0 Å². The number of hydrogen-bond acceptors (Lipinski definition) is 3. The Kier molecular flexibility index (Phi) is 4.17. The van der Waals surface area contributed by atoms with Crippen LogP contribution in [0, 0.1) is 0 Å². The molecule has 1 aliphatic rings. The van der Waals surface area contributed by atoms with Crippen molar-refractivity contribution in [2.45, 2.75) is 12.6 Å². The summed E-state index contributed by atoms with van der Waals surface area (Å²) in [6, 6.07) is 9.75. The highest BCUT2D eigenvalue weighted by molar-refractivity contribution is 5.65. The van der Waals surface area contributed by atoms with E-state index in [-0.39, 0.29) is 12.6 Å². The van der Waals surface area contributed by atoms with Crippen molar-refractivity contribution >= 4 is 6.09 Å². The van der Waals surface area contributed by atoms with Crippen LogP contribution in [0.2, 0.25) is 0 Å². The highest BCUT2D eigenvalue weighted by Gasteiger charge is 2.29. The monoisotopic (exact) mass is 250 g/mol. The summed E-state index contributed by atoms with van der Waals surface area (Å²) in [5.74, 6) is 0. The Morgan fingerprint density at radius 1 is 1.28 bits per heavy atom. The molecule has 0 aliphatic carbocycles. The van der Waals surface area contributed by atoms with Crippen LogP contribution < -0.4 is 0 Å². The van der Waals surface area contributed by atoms with Gasteiger partial charge in [0.05, 0.1) is 12.6 Å². The van der Waals surface area contributed by atoms with Crippen LogP contribution in [0.5, 0.6) is 0 Å². The summed E-state index contributed by atoms with van der Waals surface area (Å²) in [5, 5.41) is 18.3. The van der Waals surface area contributed by atoms with Crippen molar-refractivity contribution in [3.63, 3.8) is 0 Å². The number of piperazine rings is 1. The minimum Gasteiger partial charge on any atom is -0.465 e. The summed E-state index contributed by atoms with van der Waals surface area (Å²) in [7, 11) is 0. The third kappa shape index (κ3) is 3.00. The van der Waals surface area contributed by atoms with E-state index in [0.717, 1.165) is 6.54 Å². The smallest absolute Gasteiger partial charge is 0.407 e. The van der Waals surface area contributed by atoms with Crippen LogP contribution in [0.3, 0.4) is 0 Å². The Morgan fingerprint density at radius 2 is 2.00 bits per heavy atom. The molecule has 1 aliphatic heterocycles. The Hall–Kier alpha value is -1.59. The lowest BCUT2D eigenvalue weighted by Crippen LogP contribution is -2.55. The zero-order valence-corrected chi connectivity index (χ0v) is 10.2. The van der Waals surface area contributed by atoms with Crippen molar-refractivity contribution in [3.05, 3.63) is 35.9 Å². The van der Waals surface area contributed by atoms with Gasteiger partial charge in [-0.1, -0.05) is 30.3 Å². The van der Waals surface area contributed by atoms with Gasteiger partial charge in [0, 0.05) is 26.2 Å². The van der Waals surface area contributed by atoms with Crippen LogP contribution in [-0.2, 0) is 6.54 Å². The van der Waals surface area contributed by atoms with Gasteiger partial charge in [-0.25, -0.2) is 4.79 Å². The molecular formula is C13H18N2O3. The van der Waals surface area contributed by atoms with Crippen molar-refractivity contribution in [1.82, 2.24) is 9.80 Å². The van der Waals surface area contributed by atoms with Gasteiger partial charge in [-0.2, -0.15) is 0 Å². The molecule has 1 heterocycles. The molecule has 1 fully saturated rings. The third-order valence-electron chi connectivity index (χ3n) is 3.27. The molecule has 5 heteroatoms. The van der Waals surface area contributed by atoms with Gasteiger partial charge < -0.3 is 15.1 Å². The van der Waals surface area contributed by atoms with Crippen LogP contribution in [0.15, 0.2) is 30.3 Å². The Labute approximate surface area is 106 Å². The molecule has 0 aromatic heterocycles. The molecule has 18 heavy (non-hydrogen) atoms. The van der Waals surface area contributed by atoms with Crippen molar-refractivity contribution in [2.75, 3.05) is 26.2 Å². The first-order valence-electron chi connectivity index (χ1n) is 6.07. The number of carbonyl (C=O) groups is 1. The first kappa shape index (κ1) is 12.9. The first-order chi connectivity index (χ1) is 8.70. The number of aliphatic hydroxyl groups is 1. The third-order valence-corrected chi connectivity index (χ3v) is 3.27. The van der Waals surface area contributed by atoms with E-state index in [1.807, 2.05) is 18.2 Å². The lowest BCUT2D eigenvalue weighted by Gasteiger charge is -2.39. The van der Waals surface area contributed by atoms with Crippen molar-refractivity contribution < 1.29 is 15.0 Å². The van der Waals surface area contributed by atoms with Gasteiger partial charge in [-0.3, -0.25) is 4.90 Å². The predicted octanol–water partition coefficient (Wildman–Crippen LogP) is 0.843. The summed E-state index contributed by atoms with van der Waals surface area (Å²) < 4.78 is 0. The summed E-state index contributed by atoms with van der Waals surface area (Å²) in [5.41, 5.74) is 1.21. The van der Waals surface area contributed by atoms with Crippen LogP contribution in [0.4, 0.5) is 4.79 Å². The van der Waals surface area contributed by atoms with Gasteiger partial charge in [0.15, 0.2) is 0 Å². The number of hydrogen-bond donors (Lipinski definition) is 2. The van der Waals surface area contributed by atoms with E-state index in [2.05, 4.69) is 17.0 Å². The summed E-state index contributed by atoms with van der Waals surface area (Å²) in [6.45, 7) is 2.41. The maximum absolute atomic E-state index is 11.0. The molecule has 2 rings (SSSR count). The molecule has 1 amide bonds. The summed E-state index contributed by atoms with van der Waals surface area (Å²) in [4.78, 5) is 14.5. The first-order valence-corrected chi connectivity index (χ1v) is 6.07. The van der Waals surface area contributed by atoms with Gasteiger partial charge in [0.2, 0.25) is 0 Å². The van der Waals surface area contributed by atoms with E-state index < -0.39 is 6.09 Å². The second-order valence-electron chi connectivity index (χ2n) is 4.53. The molecule has 0 spiro atoms. The van der Waals surface area contributed by atoms with E-state index in [4.69, 9.17) is 5.11 Å². The fraction of sp³-hybridized carbons (Fsp3) is 0.462. The maximum atomic E-state index is 11.0. The molecule has 2 N–H and O–H groups in total. The number of benzene rings is 1. The quantitative estimate of drug-likeness (QED) is 0.834. The summed E-state index contributed by atoms with van der Waals surface area (Å²) >= 11 is 0. The van der Waals surface area contributed by atoms with Crippen molar-refractivity contribution in [3.8, 4) is 0 Å². The molecule has 5 nitrogen and oxygen atoms in total. The lowest BCUT2D eigenvalue weighted by molar-refractivity contribution is 0.0387.